The van der Waals surface area contributed by atoms with Gasteiger partial charge in [-0.1, -0.05) is 79.9 Å². The Morgan fingerprint density at radius 3 is 2.08 bits per heavy atom. The summed E-state index contributed by atoms with van der Waals surface area (Å²) in [5, 5.41) is 13.7. The van der Waals surface area contributed by atoms with Crippen molar-refractivity contribution in [1.29, 1.82) is 0 Å². The Bertz CT molecular complexity index is 653. The third kappa shape index (κ3) is 4.83. The van der Waals surface area contributed by atoms with E-state index in [2.05, 4.69) is 5.32 Å². The van der Waals surface area contributed by atoms with Crippen molar-refractivity contribution in [2.24, 2.45) is 0 Å². The maximum atomic E-state index is 12.4. The van der Waals surface area contributed by atoms with Crippen molar-refractivity contribution >= 4 is 6.09 Å². The zero-order valence-corrected chi connectivity index (χ0v) is 14.3. The molecule has 0 spiro atoms. The van der Waals surface area contributed by atoms with E-state index >= 15 is 0 Å². The summed E-state index contributed by atoms with van der Waals surface area (Å²) in [6.45, 7) is 0. The second kappa shape index (κ2) is 8.67. The number of ether oxygens (including phenoxy) is 1. The summed E-state index contributed by atoms with van der Waals surface area (Å²) < 4.78 is 5.66. The lowest BCUT2D eigenvalue weighted by atomic mass is 9.96. The molecule has 1 aliphatic rings. The number of rotatable bonds is 5. The number of alkyl carbamates (subject to hydrolysis) is 1. The summed E-state index contributed by atoms with van der Waals surface area (Å²) in [7, 11) is 0. The van der Waals surface area contributed by atoms with E-state index in [0.717, 1.165) is 36.8 Å². The van der Waals surface area contributed by atoms with Crippen molar-refractivity contribution < 1.29 is 14.6 Å². The highest BCUT2D eigenvalue weighted by atomic mass is 16.6. The minimum absolute atomic E-state index is 0.173. The topological polar surface area (TPSA) is 58.6 Å². The number of carbonyl (C=O) groups excluding carboxylic acids is 1. The summed E-state index contributed by atoms with van der Waals surface area (Å²) in [6, 6.07) is 18.9. The van der Waals surface area contributed by atoms with E-state index in [9.17, 15) is 9.90 Å². The molecule has 1 fully saturated rings. The average Bonchev–Trinajstić information content (AvgIpc) is 2.68. The fourth-order valence-electron chi connectivity index (χ4n) is 3.35. The molecule has 0 aliphatic heterocycles. The number of aliphatic hydroxyl groups excluding tert-OH is 1. The highest BCUT2D eigenvalue weighted by Gasteiger charge is 2.27. The van der Waals surface area contributed by atoms with Gasteiger partial charge in [0.1, 0.15) is 6.10 Å². The van der Waals surface area contributed by atoms with E-state index in [1.807, 2.05) is 60.7 Å². The summed E-state index contributed by atoms with van der Waals surface area (Å²) in [5.74, 6) is 0. The highest BCUT2D eigenvalue weighted by molar-refractivity contribution is 5.68. The third-order valence-corrected chi connectivity index (χ3v) is 4.72. The number of nitrogens with one attached hydrogen (secondary N) is 1. The zero-order chi connectivity index (χ0) is 17.5. The number of aliphatic hydroxyl groups is 1. The van der Waals surface area contributed by atoms with Crippen molar-refractivity contribution in [3.05, 3.63) is 71.8 Å². The van der Waals surface area contributed by atoms with Gasteiger partial charge in [-0.2, -0.15) is 0 Å². The number of amides is 1. The molecule has 0 saturated heterocycles. The third-order valence-electron chi connectivity index (χ3n) is 4.72. The summed E-state index contributed by atoms with van der Waals surface area (Å²) >= 11 is 0. The van der Waals surface area contributed by atoms with E-state index in [-0.39, 0.29) is 6.04 Å². The molecule has 0 bridgehead atoms. The van der Waals surface area contributed by atoms with Crippen molar-refractivity contribution in [3.8, 4) is 0 Å². The molecule has 1 aliphatic carbocycles. The number of benzene rings is 2. The predicted octanol–water partition coefficient (Wildman–Crippen LogP) is 4.52. The number of hydrogen-bond donors (Lipinski definition) is 2. The van der Waals surface area contributed by atoms with Gasteiger partial charge in [0.2, 0.25) is 0 Å². The number of carbonyl (C=O) groups is 1. The van der Waals surface area contributed by atoms with Gasteiger partial charge >= 0.3 is 6.09 Å². The molecular formula is C21H25NO3. The highest BCUT2D eigenvalue weighted by Crippen LogP contribution is 2.32. The molecule has 0 aromatic heterocycles. The van der Waals surface area contributed by atoms with Gasteiger partial charge in [0.25, 0.3) is 0 Å². The quantitative estimate of drug-likeness (QED) is 0.842. The van der Waals surface area contributed by atoms with Gasteiger partial charge in [0.15, 0.2) is 6.10 Å². The zero-order valence-electron chi connectivity index (χ0n) is 14.3. The van der Waals surface area contributed by atoms with Gasteiger partial charge in [-0.15, -0.1) is 0 Å². The van der Waals surface area contributed by atoms with Gasteiger partial charge in [-0.25, -0.2) is 4.79 Å². The first kappa shape index (κ1) is 17.5. The summed E-state index contributed by atoms with van der Waals surface area (Å²) in [6.07, 6.45) is 3.37. The largest absolute Gasteiger partial charge is 0.438 e. The van der Waals surface area contributed by atoms with E-state index in [0.29, 0.717) is 0 Å². The molecule has 25 heavy (non-hydrogen) atoms. The second-order valence-electron chi connectivity index (χ2n) is 6.57. The molecule has 1 amide bonds. The first-order chi connectivity index (χ1) is 12.2. The summed E-state index contributed by atoms with van der Waals surface area (Å²) in [4.78, 5) is 12.4. The Kier molecular flexibility index (Phi) is 6.07. The molecule has 132 valence electrons. The van der Waals surface area contributed by atoms with Gasteiger partial charge < -0.3 is 15.2 Å². The van der Waals surface area contributed by atoms with Crippen LogP contribution in [0.15, 0.2) is 60.7 Å². The van der Waals surface area contributed by atoms with Crippen LogP contribution in [0.4, 0.5) is 4.79 Å². The second-order valence-corrected chi connectivity index (χ2v) is 6.57. The monoisotopic (exact) mass is 339 g/mol. The molecule has 4 heteroatoms. The van der Waals surface area contributed by atoms with Crippen LogP contribution in [0.2, 0.25) is 0 Å². The fourth-order valence-corrected chi connectivity index (χ4v) is 3.35. The van der Waals surface area contributed by atoms with Crippen LogP contribution < -0.4 is 5.32 Å². The maximum Gasteiger partial charge on any atom is 0.408 e. The fraction of sp³-hybridized carbons (Fsp3) is 0.381. The molecule has 2 atom stereocenters. The predicted molar refractivity (Wildman–Crippen MR) is 97.1 cm³/mol. The van der Waals surface area contributed by atoms with Crippen LogP contribution >= 0.6 is 0 Å². The van der Waals surface area contributed by atoms with Crippen LogP contribution in [0.3, 0.4) is 0 Å². The van der Waals surface area contributed by atoms with Crippen LogP contribution in [0.1, 0.15) is 55.4 Å². The smallest absolute Gasteiger partial charge is 0.408 e. The van der Waals surface area contributed by atoms with Crippen molar-refractivity contribution in [2.45, 2.75) is 50.4 Å². The molecule has 2 unspecified atom stereocenters. The van der Waals surface area contributed by atoms with Crippen LogP contribution in [0, 0.1) is 0 Å². The first-order valence-electron chi connectivity index (χ1n) is 8.99. The molecule has 2 aromatic carbocycles. The minimum Gasteiger partial charge on any atom is -0.438 e. The van der Waals surface area contributed by atoms with Crippen LogP contribution in [-0.2, 0) is 4.74 Å². The van der Waals surface area contributed by atoms with Crippen molar-refractivity contribution in [1.82, 2.24) is 5.32 Å². The normalized spacial score (nSPS) is 17.5. The lowest BCUT2D eigenvalue weighted by Gasteiger charge is -2.27. The lowest BCUT2D eigenvalue weighted by Crippen LogP contribution is -2.37. The average molecular weight is 339 g/mol. The first-order valence-corrected chi connectivity index (χ1v) is 8.99. The Morgan fingerprint density at radius 2 is 1.48 bits per heavy atom. The molecule has 0 radical (unpaired) electrons. The van der Waals surface area contributed by atoms with E-state index in [1.54, 1.807) is 0 Å². The molecule has 4 nitrogen and oxygen atoms in total. The molecular weight excluding hydrogens is 314 g/mol. The van der Waals surface area contributed by atoms with E-state index in [1.165, 1.54) is 6.42 Å². The van der Waals surface area contributed by atoms with E-state index in [4.69, 9.17) is 4.74 Å². The van der Waals surface area contributed by atoms with Crippen molar-refractivity contribution in [2.75, 3.05) is 0 Å². The molecule has 0 heterocycles. The Balaban J connectivity index is 1.73. The Morgan fingerprint density at radius 1 is 0.920 bits per heavy atom. The summed E-state index contributed by atoms with van der Waals surface area (Å²) in [5.41, 5.74) is 1.50. The van der Waals surface area contributed by atoms with Crippen LogP contribution in [0.5, 0.6) is 0 Å². The van der Waals surface area contributed by atoms with Crippen LogP contribution in [0.25, 0.3) is 0 Å². The Hall–Kier alpha value is -2.33. The molecule has 2 aromatic rings. The van der Waals surface area contributed by atoms with Crippen LogP contribution in [-0.4, -0.2) is 17.2 Å². The molecule has 1 saturated carbocycles. The van der Waals surface area contributed by atoms with Gasteiger partial charge in [-0.05, 0) is 24.0 Å². The van der Waals surface area contributed by atoms with Gasteiger partial charge in [-0.3, -0.25) is 0 Å². The lowest BCUT2D eigenvalue weighted by molar-refractivity contribution is -0.00156. The van der Waals surface area contributed by atoms with E-state index < -0.39 is 18.3 Å². The molecule has 3 rings (SSSR count). The Labute approximate surface area is 148 Å². The maximum absolute atomic E-state index is 12.4. The SMILES string of the molecule is O=C(NC1CCCCC1)OC(c1ccccc1)C(O)c1ccccc1. The van der Waals surface area contributed by atoms with Gasteiger partial charge in [0, 0.05) is 6.04 Å². The standard InChI is InChI=1S/C21H25NO3/c23-19(16-10-4-1-5-11-16)20(17-12-6-2-7-13-17)25-21(24)22-18-14-8-3-9-15-18/h1-2,4-7,10-13,18-20,23H,3,8-9,14-15H2,(H,22,24). The molecule has 2 N–H and O–H groups in total. The minimum atomic E-state index is -0.916. The number of hydrogen-bond acceptors (Lipinski definition) is 3. The van der Waals surface area contributed by atoms with Crippen molar-refractivity contribution in [3.63, 3.8) is 0 Å². The van der Waals surface area contributed by atoms with Gasteiger partial charge in [0.05, 0.1) is 0 Å².